The first-order valence-corrected chi connectivity index (χ1v) is 7.67. The van der Waals surface area contributed by atoms with Gasteiger partial charge in [-0.05, 0) is 51.7 Å². The van der Waals surface area contributed by atoms with E-state index in [4.69, 9.17) is 0 Å². The highest BCUT2D eigenvalue weighted by atomic mass is 16.5. The first-order valence-electron chi connectivity index (χ1n) is 7.67. The summed E-state index contributed by atoms with van der Waals surface area (Å²) in [6.45, 7) is 12.8. The Morgan fingerprint density at radius 1 is 1.19 bits per heavy atom. The molecule has 0 atom stereocenters. The third-order valence-electron chi connectivity index (χ3n) is 4.40. The number of piperidine rings is 1. The van der Waals surface area contributed by atoms with Crippen molar-refractivity contribution in [2.75, 3.05) is 0 Å². The fraction of sp³-hybridized carbons (Fsp3) is 0.556. The predicted molar refractivity (Wildman–Crippen MR) is 87.1 cm³/mol. The molecule has 0 aliphatic carbocycles. The molecule has 0 aromatic heterocycles. The van der Waals surface area contributed by atoms with Crippen LogP contribution in [-0.2, 0) is 11.8 Å². The number of hydroxylamine groups is 2. The van der Waals surface area contributed by atoms with Gasteiger partial charge in [-0.1, -0.05) is 36.9 Å². The first-order chi connectivity index (χ1) is 9.74. The lowest BCUT2D eigenvalue weighted by atomic mass is 9.79. The summed E-state index contributed by atoms with van der Waals surface area (Å²) in [7, 11) is 0. The zero-order valence-electron chi connectivity index (χ0n) is 13.6. The van der Waals surface area contributed by atoms with E-state index in [0.717, 1.165) is 24.9 Å². The van der Waals surface area contributed by atoms with E-state index in [1.54, 1.807) is 0 Å². The van der Waals surface area contributed by atoms with Crippen LogP contribution in [0.4, 0.5) is 0 Å². The zero-order valence-corrected chi connectivity index (χ0v) is 13.6. The van der Waals surface area contributed by atoms with Gasteiger partial charge in [-0.15, -0.1) is 10.3 Å². The smallest absolute Gasteiger partial charge is 0.0458 e. The van der Waals surface area contributed by atoms with Crippen molar-refractivity contribution in [2.45, 2.75) is 64.2 Å². The first kappa shape index (κ1) is 16.2. The van der Waals surface area contributed by atoms with Crippen LogP contribution in [0.2, 0.25) is 0 Å². The zero-order chi connectivity index (χ0) is 15.7. The van der Waals surface area contributed by atoms with Crippen molar-refractivity contribution >= 4 is 6.08 Å². The molecule has 0 bridgehead atoms. The Bertz CT molecular complexity index is 472. The minimum atomic E-state index is -0.313. The molecule has 21 heavy (non-hydrogen) atoms. The number of rotatable bonds is 4. The topological polar surface area (TPSA) is 35.2 Å². The molecule has 1 aliphatic heterocycles. The third-order valence-corrected chi connectivity index (χ3v) is 4.40. The summed E-state index contributed by atoms with van der Waals surface area (Å²) in [5, 5.41) is 17.2. The molecule has 1 aromatic carbocycles. The van der Waals surface area contributed by atoms with Crippen molar-refractivity contribution in [3.63, 3.8) is 0 Å². The number of nitrogens with one attached hydrogen (secondary N) is 1. The van der Waals surface area contributed by atoms with Crippen LogP contribution < -0.4 is 5.32 Å². The van der Waals surface area contributed by atoms with Gasteiger partial charge in [0.2, 0.25) is 0 Å². The van der Waals surface area contributed by atoms with Crippen LogP contribution in [0.3, 0.4) is 0 Å². The van der Waals surface area contributed by atoms with E-state index in [1.165, 1.54) is 10.6 Å². The van der Waals surface area contributed by atoms with E-state index in [9.17, 15) is 5.21 Å². The number of hydrogen-bond acceptors (Lipinski definition) is 2. The Morgan fingerprint density at radius 3 is 2.19 bits per heavy atom. The standard InChI is InChI=1S/C18H27N2O/c1-6-14-7-9-15(10-8-14)13-19-16-11-17(2,3)20(21)18(4,5)12-16/h6-10,16,19H,1,11-13H2,2-5H3. The molecule has 115 valence electrons. The lowest BCUT2D eigenvalue weighted by molar-refractivity contribution is -0.290. The highest BCUT2D eigenvalue weighted by Crippen LogP contribution is 2.37. The average molecular weight is 287 g/mol. The van der Waals surface area contributed by atoms with E-state index >= 15 is 0 Å². The molecule has 1 N–H and O–H groups in total. The van der Waals surface area contributed by atoms with Gasteiger partial charge in [-0.3, -0.25) is 0 Å². The second kappa shape index (κ2) is 5.91. The SMILES string of the molecule is C=Cc1ccc(CNC2CC(C)(C)N([O])C(C)(C)C2)cc1. The fourth-order valence-electron chi connectivity index (χ4n) is 3.44. The molecule has 1 saturated heterocycles. The summed E-state index contributed by atoms with van der Waals surface area (Å²) in [4.78, 5) is 0. The van der Waals surface area contributed by atoms with Crippen molar-refractivity contribution in [3.8, 4) is 0 Å². The quantitative estimate of drug-likeness (QED) is 0.914. The normalized spacial score (nSPS) is 22.1. The summed E-state index contributed by atoms with van der Waals surface area (Å²) in [5.41, 5.74) is 1.78. The third kappa shape index (κ3) is 3.73. The molecule has 1 aliphatic rings. The highest BCUT2D eigenvalue weighted by molar-refractivity contribution is 5.47. The molecule has 1 radical (unpaired) electrons. The van der Waals surface area contributed by atoms with Crippen molar-refractivity contribution in [1.29, 1.82) is 0 Å². The summed E-state index contributed by atoms with van der Waals surface area (Å²) >= 11 is 0. The summed E-state index contributed by atoms with van der Waals surface area (Å²) < 4.78 is 0. The number of hydrogen-bond donors (Lipinski definition) is 1. The molecule has 0 saturated carbocycles. The predicted octanol–water partition coefficient (Wildman–Crippen LogP) is 3.79. The molecule has 0 amide bonds. The van der Waals surface area contributed by atoms with Crippen molar-refractivity contribution < 1.29 is 5.21 Å². The lowest BCUT2D eigenvalue weighted by Gasteiger charge is -2.50. The van der Waals surface area contributed by atoms with Crippen LogP contribution in [0, 0.1) is 0 Å². The van der Waals surface area contributed by atoms with Gasteiger partial charge >= 0.3 is 0 Å². The largest absolute Gasteiger partial charge is 0.310 e. The van der Waals surface area contributed by atoms with Crippen LogP contribution in [0.15, 0.2) is 30.8 Å². The van der Waals surface area contributed by atoms with Gasteiger partial charge < -0.3 is 5.32 Å². The molecule has 3 nitrogen and oxygen atoms in total. The van der Waals surface area contributed by atoms with Crippen molar-refractivity contribution in [3.05, 3.63) is 42.0 Å². The van der Waals surface area contributed by atoms with E-state index in [1.807, 2.05) is 33.8 Å². The Morgan fingerprint density at radius 2 is 1.71 bits per heavy atom. The minimum absolute atomic E-state index is 0.313. The van der Waals surface area contributed by atoms with Crippen LogP contribution in [0.25, 0.3) is 6.08 Å². The summed E-state index contributed by atoms with van der Waals surface area (Å²) in [6.07, 6.45) is 3.61. The summed E-state index contributed by atoms with van der Waals surface area (Å²) in [5.74, 6) is 0. The molecule has 0 spiro atoms. The van der Waals surface area contributed by atoms with Gasteiger partial charge in [0, 0.05) is 23.7 Å². The maximum Gasteiger partial charge on any atom is 0.0458 e. The van der Waals surface area contributed by atoms with Crippen molar-refractivity contribution in [2.24, 2.45) is 0 Å². The van der Waals surface area contributed by atoms with E-state index in [0.29, 0.717) is 6.04 Å². The monoisotopic (exact) mass is 287 g/mol. The van der Waals surface area contributed by atoms with Gasteiger partial charge in [0.05, 0.1) is 0 Å². The van der Waals surface area contributed by atoms with E-state index in [2.05, 4.69) is 36.2 Å². The van der Waals surface area contributed by atoms with Gasteiger partial charge in [0.1, 0.15) is 0 Å². The van der Waals surface area contributed by atoms with Gasteiger partial charge in [0.25, 0.3) is 0 Å². The van der Waals surface area contributed by atoms with Gasteiger partial charge in [0.15, 0.2) is 0 Å². The van der Waals surface area contributed by atoms with Crippen LogP contribution in [-0.4, -0.2) is 22.2 Å². The molecule has 1 aromatic rings. The maximum atomic E-state index is 12.3. The molecule has 1 heterocycles. The van der Waals surface area contributed by atoms with Crippen molar-refractivity contribution in [1.82, 2.24) is 10.4 Å². The van der Waals surface area contributed by atoms with Gasteiger partial charge in [-0.2, -0.15) is 0 Å². The minimum Gasteiger partial charge on any atom is -0.310 e. The molecule has 3 heteroatoms. The Kier molecular flexibility index (Phi) is 4.57. The van der Waals surface area contributed by atoms with Crippen LogP contribution in [0.5, 0.6) is 0 Å². The second-order valence-corrected chi connectivity index (χ2v) is 7.35. The molecule has 2 rings (SSSR count). The number of benzene rings is 1. The maximum absolute atomic E-state index is 12.3. The fourth-order valence-corrected chi connectivity index (χ4v) is 3.44. The molecule has 1 fully saturated rings. The van der Waals surface area contributed by atoms with Crippen LogP contribution in [0.1, 0.15) is 51.7 Å². The molecular weight excluding hydrogens is 260 g/mol. The number of nitrogens with zero attached hydrogens (tertiary/aromatic N) is 1. The van der Waals surface area contributed by atoms with E-state index in [-0.39, 0.29) is 11.1 Å². The second-order valence-electron chi connectivity index (χ2n) is 7.35. The highest BCUT2D eigenvalue weighted by Gasteiger charge is 2.45. The Hall–Kier alpha value is -1.16. The van der Waals surface area contributed by atoms with Crippen LogP contribution >= 0.6 is 0 Å². The summed E-state index contributed by atoms with van der Waals surface area (Å²) in [6, 6.07) is 8.79. The van der Waals surface area contributed by atoms with E-state index < -0.39 is 0 Å². The van der Waals surface area contributed by atoms with Gasteiger partial charge in [-0.25, -0.2) is 0 Å². The average Bonchev–Trinajstić information content (AvgIpc) is 2.42. The molecular formula is C18H27N2O. The lowest BCUT2D eigenvalue weighted by Crippen LogP contribution is -2.61. The molecule has 0 unspecified atom stereocenters. The Balaban J connectivity index is 1.98. The Labute approximate surface area is 128 Å².